The molecule has 1 aromatic carbocycles. The summed E-state index contributed by atoms with van der Waals surface area (Å²) in [5, 5.41) is 4.26. The van der Waals surface area contributed by atoms with Gasteiger partial charge in [-0.1, -0.05) is 18.2 Å². The Balaban J connectivity index is 1.26. The summed E-state index contributed by atoms with van der Waals surface area (Å²) >= 11 is 1.57. The molecule has 0 aliphatic carbocycles. The fourth-order valence-corrected chi connectivity index (χ4v) is 4.55. The van der Waals surface area contributed by atoms with Crippen molar-refractivity contribution < 1.29 is 4.79 Å². The van der Waals surface area contributed by atoms with Crippen LogP contribution >= 0.6 is 11.3 Å². The summed E-state index contributed by atoms with van der Waals surface area (Å²) in [5.74, 6) is 0.829. The molecule has 0 spiro atoms. The summed E-state index contributed by atoms with van der Waals surface area (Å²) in [5.41, 5.74) is 1.07. The van der Waals surface area contributed by atoms with E-state index in [1.807, 2.05) is 25.1 Å². The van der Waals surface area contributed by atoms with Crippen LogP contribution in [0.5, 0.6) is 0 Å². The molecule has 1 N–H and O–H groups in total. The highest BCUT2D eigenvalue weighted by Gasteiger charge is 2.19. The van der Waals surface area contributed by atoms with Crippen molar-refractivity contribution >= 4 is 33.3 Å². The van der Waals surface area contributed by atoms with Gasteiger partial charge in [0.2, 0.25) is 5.95 Å². The summed E-state index contributed by atoms with van der Waals surface area (Å²) in [6.45, 7) is 7.28. The van der Waals surface area contributed by atoms with Gasteiger partial charge in [0.1, 0.15) is 0 Å². The average Bonchev–Trinajstić information content (AvgIpc) is 3.06. The second kappa shape index (κ2) is 8.02. The van der Waals surface area contributed by atoms with Gasteiger partial charge < -0.3 is 10.2 Å². The fraction of sp³-hybridized carbons (Fsp3) is 0.350. The monoisotopic (exact) mass is 381 g/mol. The second-order valence-corrected chi connectivity index (χ2v) is 7.74. The van der Waals surface area contributed by atoms with Gasteiger partial charge in [0.05, 0.1) is 4.88 Å². The number of aromatic nitrogens is 2. The molecular weight excluding hydrogens is 358 g/mol. The third-order valence-corrected chi connectivity index (χ3v) is 6.24. The van der Waals surface area contributed by atoms with E-state index in [-0.39, 0.29) is 5.91 Å². The van der Waals surface area contributed by atoms with Crippen LogP contribution in [0.25, 0.3) is 10.1 Å². The van der Waals surface area contributed by atoms with Crippen molar-refractivity contribution in [2.24, 2.45) is 0 Å². The molecule has 1 amide bonds. The zero-order valence-corrected chi connectivity index (χ0v) is 16.2. The first kappa shape index (κ1) is 17.9. The maximum absolute atomic E-state index is 12.6. The second-order valence-electron chi connectivity index (χ2n) is 6.69. The number of thiophene rings is 1. The number of nitrogens with zero attached hydrogens (tertiary/aromatic N) is 4. The van der Waals surface area contributed by atoms with Crippen molar-refractivity contribution in [3.63, 3.8) is 0 Å². The maximum atomic E-state index is 12.6. The molecule has 3 aromatic rings. The number of carbonyl (C=O) groups is 1. The minimum atomic E-state index is 0.0324. The molecule has 2 aromatic heterocycles. The van der Waals surface area contributed by atoms with Gasteiger partial charge in [0.15, 0.2) is 0 Å². The van der Waals surface area contributed by atoms with Gasteiger partial charge in [0.25, 0.3) is 5.91 Å². The van der Waals surface area contributed by atoms with Crippen molar-refractivity contribution in [1.29, 1.82) is 0 Å². The lowest BCUT2D eigenvalue weighted by Gasteiger charge is -2.34. The molecular formula is C20H23N5OS. The van der Waals surface area contributed by atoms with Crippen LogP contribution in [0.2, 0.25) is 0 Å². The Hall–Kier alpha value is -2.51. The summed E-state index contributed by atoms with van der Waals surface area (Å²) in [6.07, 6.45) is 3.56. The quantitative estimate of drug-likeness (QED) is 0.736. The molecule has 1 saturated heterocycles. The number of piperazine rings is 1. The fourth-order valence-electron chi connectivity index (χ4n) is 3.42. The minimum absolute atomic E-state index is 0.0324. The van der Waals surface area contributed by atoms with E-state index in [4.69, 9.17) is 0 Å². The van der Waals surface area contributed by atoms with Gasteiger partial charge in [-0.3, -0.25) is 9.69 Å². The molecule has 0 atom stereocenters. The highest BCUT2D eigenvalue weighted by molar-refractivity contribution is 7.21. The van der Waals surface area contributed by atoms with E-state index >= 15 is 0 Å². The largest absolute Gasteiger partial charge is 0.350 e. The molecule has 27 heavy (non-hydrogen) atoms. The first-order valence-corrected chi connectivity index (χ1v) is 10.0. The Morgan fingerprint density at radius 2 is 1.85 bits per heavy atom. The minimum Gasteiger partial charge on any atom is -0.350 e. The summed E-state index contributed by atoms with van der Waals surface area (Å²) in [6, 6.07) is 10.0. The lowest BCUT2D eigenvalue weighted by atomic mass is 10.1. The van der Waals surface area contributed by atoms with Gasteiger partial charge in [-0.2, -0.15) is 0 Å². The van der Waals surface area contributed by atoms with Crippen LogP contribution in [0, 0.1) is 6.92 Å². The van der Waals surface area contributed by atoms with E-state index in [9.17, 15) is 4.79 Å². The van der Waals surface area contributed by atoms with Gasteiger partial charge >= 0.3 is 0 Å². The van der Waals surface area contributed by atoms with Crippen LogP contribution in [0.3, 0.4) is 0 Å². The molecule has 140 valence electrons. The van der Waals surface area contributed by atoms with Crippen LogP contribution in [0.4, 0.5) is 5.95 Å². The molecule has 4 rings (SSSR count). The van der Waals surface area contributed by atoms with E-state index in [1.54, 1.807) is 23.7 Å². The van der Waals surface area contributed by atoms with Gasteiger partial charge in [0, 0.05) is 56.4 Å². The molecule has 1 aliphatic rings. The first-order valence-electron chi connectivity index (χ1n) is 9.23. The topological polar surface area (TPSA) is 61.4 Å². The number of fused-ring (bicyclic) bond motifs is 1. The van der Waals surface area contributed by atoms with Gasteiger partial charge in [-0.15, -0.1) is 11.3 Å². The third kappa shape index (κ3) is 3.94. The maximum Gasteiger partial charge on any atom is 0.261 e. The standard InChI is InChI=1S/C20H23N5OS/c1-15-16-5-2-3-6-17(16)27-18(15)19(26)21-9-10-24-11-13-25(14-12-24)20-22-7-4-8-23-20/h2-8H,9-14H2,1H3,(H,21,26). The third-order valence-electron chi connectivity index (χ3n) is 4.97. The SMILES string of the molecule is Cc1c(C(=O)NCCN2CCN(c3ncccn3)CC2)sc2ccccc12. The zero-order chi connectivity index (χ0) is 18.6. The number of hydrogen-bond acceptors (Lipinski definition) is 6. The molecule has 7 heteroatoms. The Morgan fingerprint density at radius 3 is 2.59 bits per heavy atom. The average molecular weight is 382 g/mol. The van der Waals surface area contributed by atoms with E-state index in [1.165, 1.54) is 10.1 Å². The molecule has 0 bridgehead atoms. The Morgan fingerprint density at radius 1 is 1.11 bits per heavy atom. The van der Waals surface area contributed by atoms with E-state index in [0.717, 1.165) is 49.1 Å². The van der Waals surface area contributed by atoms with Gasteiger partial charge in [-0.05, 0) is 30.0 Å². The molecule has 1 fully saturated rings. The number of amides is 1. The summed E-state index contributed by atoms with van der Waals surface area (Å²) < 4.78 is 1.17. The molecule has 3 heterocycles. The molecule has 1 aliphatic heterocycles. The van der Waals surface area contributed by atoms with Crippen molar-refractivity contribution in [2.75, 3.05) is 44.2 Å². The number of aryl methyl sites for hydroxylation is 1. The normalized spacial score (nSPS) is 15.2. The van der Waals surface area contributed by atoms with E-state index in [0.29, 0.717) is 6.54 Å². The van der Waals surface area contributed by atoms with Crippen molar-refractivity contribution in [3.8, 4) is 0 Å². The number of rotatable bonds is 5. The van der Waals surface area contributed by atoms with E-state index < -0.39 is 0 Å². The van der Waals surface area contributed by atoms with Crippen LogP contribution in [0.15, 0.2) is 42.7 Å². The highest BCUT2D eigenvalue weighted by Crippen LogP contribution is 2.30. The summed E-state index contributed by atoms with van der Waals surface area (Å²) in [7, 11) is 0. The van der Waals surface area contributed by atoms with Crippen LogP contribution in [-0.2, 0) is 0 Å². The van der Waals surface area contributed by atoms with Crippen molar-refractivity contribution in [1.82, 2.24) is 20.2 Å². The van der Waals surface area contributed by atoms with E-state index in [2.05, 4.69) is 37.2 Å². The van der Waals surface area contributed by atoms with Gasteiger partial charge in [-0.25, -0.2) is 9.97 Å². The molecule has 0 radical (unpaired) electrons. The van der Waals surface area contributed by atoms with Crippen molar-refractivity contribution in [3.05, 3.63) is 53.2 Å². The number of nitrogens with one attached hydrogen (secondary N) is 1. The molecule has 6 nitrogen and oxygen atoms in total. The highest BCUT2D eigenvalue weighted by atomic mass is 32.1. The Bertz CT molecular complexity index is 919. The Kier molecular flexibility index (Phi) is 5.31. The number of carbonyl (C=O) groups excluding carboxylic acids is 1. The van der Waals surface area contributed by atoms with Crippen LogP contribution < -0.4 is 10.2 Å². The number of hydrogen-bond donors (Lipinski definition) is 1. The molecule has 0 unspecified atom stereocenters. The lowest BCUT2D eigenvalue weighted by Crippen LogP contribution is -2.49. The Labute approximate surface area is 162 Å². The summed E-state index contributed by atoms with van der Waals surface area (Å²) in [4.78, 5) is 26.6. The zero-order valence-electron chi connectivity index (χ0n) is 15.4. The predicted octanol–water partition coefficient (Wildman–Crippen LogP) is 2.55. The van der Waals surface area contributed by atoms with Crippen LogP contribution in [-0.4, -0.2) is 60.0 Å². The molecule has 0 saturated carbocycles. The first-order chi connectivity index (χ1) is 13.2. The lowest BCUT2D eigenvalue weighted by molar-refractivity contribution is 0.0951. The smallest absolute Gasteiger partial charge is 0.261 e. The number of benzene rings is 1. The number of anilines is 1. The van der Waals surface area contributed by atoms with Crippen LogP contribution in [0.1, 0.15) is 15.2 Å². The predicted molar refractivity (Wildman–Crippen MR) is 110 cm³/mol. The van der Waals surface area contributed by atoms with Crippen molar-refractivity contribution in [2.45, 2.75) is 6.92 Å².